The summed E-state index contributed by atoms with van der Waals surface area (Å²) in [6.07, 6.45) is 1.62. The van der Waals surface area contributed by atoms with E-state index in [1.807, 2.05) is 0 Å². The largest absolute Gasteiger partial charge is 0.507 e. The normalized spacial score (nSPS) is 17.8. The minimum atomic E-state index is -0.832. The van der Waals surface area contributed by atoms with Gasteiger partial charge in [-0.1, -0.05) is 41.9 Å². The molecule has 1 fully saturated rings. The number of benzene rings is 2. The Morgan fingerprint density at radius 2 is 1.87 bits per heavy atom. The maximum Gasteiger partial charge on any atom is 0.295 e. The number of nitrogens with zero attached hydrogens (tertiary/aromatic N) is 1. The molecule has 2 aromatic rings. The lowest BCUT2D eigenvalue weighted by atomic mass is 9.95. The summed E-state index contributed by atoms with van der Waals surface area (Å²) >= 11 is 12.2. The Bertz CT molecular complexity index is 1030. The SMILES string of the molecule is C=CCOc1ccc(/C(O)=C2\C(=O)C(=O)N(CCOC)C2c2ccc(Cl)c(Cl)c2)cc1. The quantitative estimate of drug-likeness (QED) is 0.268. The molecule has 0 saturated carbocycles. The predicted octanol–water partition coefficient (Wildman–Crippen LogP) is 4.63. The van der Waals surface area contributed by atoms with Crippen LogP contribution in [0.15, 0.2) is 60.7 Å². The van der Waals surface area contributed by atoms with Crippen LogP contribution in [0.4, 0.5) is 0 Å². The first kappa shape index (κ1) is 22.9. The van der Waals surface area contributed by atoms with Crippen molar-refractivity contribution in [2.24, 2.45) is 0 Å². The third-order valence-electron chi connectivity index (χ3n) is 4.83. The lowest BCUT2D eigenvalue weighted by molar-refractivity contribution is -0.140. The first-order valence-corrected chi connectivity index (χ1v) is 10.2. The number of carbonyl (C=O) groups excluding carboxylic acids is 2. The van der Waals surface area contributed by atoms with Crippen LogP contribution in [-0.4, -0.2) is 48.6 Å². The summed E-state index contributed by atoms with van der Waals surface area (Å²) in [6, 6.07) is 10.6. The molecule has 8 heteroatoms. The van der Waals surface area contributed by atoms with Crippen molar-refractivity contribution in [3.63, 3.8) is 0 Å². The van der Waals surface area contributed by atoms with E-state index in [-0.39, 0.29) is 29.5 Å². The number of carbonyl (C=O) groups is 2. The number of hydrogen-bond donors (Lipinski definition) is 1. The van der Waals surface area contributed by atoms with Crippen molar-refractivity contribution in [3.8, 4) is 5.75 Å². The number of ether oxygens (including phenoxy) is 2. The summed E-state index contributed by atoms with van der Waals surface area (Å²) in [5, 5.41) is 11.6. The van der Waals surface area contributed by atoms with Crippen LogP contribution in [0.1, 0.15) is 17.2 Å². The van der Waals surface area contributed by atoms with Gasteiger partial charge in [0.2, 0.25) is 0 Å². The third kappa shape index (κ3) is 4.77. The van der Waals surface area contributed by atoms with Crippen LogP contribution < -0.4 is 4.74 Å². The fourth-order valence-corrected chi connectivity index (χ4v) is 3.66. The van der Waals surface area contributed by atoms with Gasteiger partial charge in [0, 0.05) is 19.2 Å². The highest BCUT2D eigenvalue weighted by Gasteiger charge is 2.46. The summed E-state index contributed by atoms with van der Waals surface area (Å²) < 4.78 is 10.5. The molecule has 1 amide bonds. The highest BCUT2D eigenvalue weighted by atomic mass is 35.5. The Morgan fingerprint density at radius 3 is 2.48 bits per heavy atom. The highest BCUT2D eigenvalue weighted by Crippen LogP contribution is 2.40. The first-order valence-electron chi connectivity index (χ1n) is 9.45. The summed E-state index contributed by atoms with van der Waals surface area (Å²) in [7, 11) is 1.50. The molecule has 0 radical (unpaired) electrons. The maximum absolute atomic E-state index is 12.9. The van der Waals surface area contributed by atoms with Gasteiger partial charge in [-0.05, 0) is 42.0 Å². The summed E-state index contributed by atoms with van der Waals surface area (Å²) in [6.45, 7) is 4.32. The zero-order valence-corrected chi connectivity index (χ0v) is 18.3. The van der Waals surface area contributed by atoms with Gasteiger partial charge in [-0.15, -0.1) is 0 Å². The van der Waals surface area contributed by atoms with E-state index in [4.69, 9.17) is 32.7 Å². The lowest BCUT2D eigenvalue weighted by Crippen LogP contribution is -2.32. The molecular weight excluding hydrogens is 441 g/mol. The van der Waals surface area contributed by atoms with Crippen molar-refractivity contribution in [2.45, 2.75) is 6.04 Å². The monoisotopic (exact) mass is 461 g/mol. The van der Waals surface area contributed by atoms with Gasteiger partial charge >= 0.3 is 0 Å². The second-order valence-corrected chi connectivity index (χ2v) is 7.60. The third-order valence-corrected chi connectivity index (χ3v) is 5.57. The number of Topliss-reactive ketones (excluding diaryl/α,β-unsaturated/α-hetero) is 1. The molecule has 1 heterocycles. The Kier molecular flexibility index (Phi) is 7.38. The van der Waals surface area contributed by atoms with Crippen LogP contribution in [0.2, 0.25) is 10.0 Å². The van der Waals surface area contributed by atoms with E-state index in [0.717, 1.165) is 0 Å². The van der Waals surface area contributed by atoms with Gasteiger partial charge in [0.05, 0.1) is 28.3 Å². The van der Waals surface area contributed by atoms with Gasteiger partial charge in [0.1, 0.15) is 18.1 Å². The summed E-state index contributed by atoms with van der Waals surface area (Å²) in [5.74, 6) is -1.21. The molecule has 1 atom stereocenters. The Hall–Kier alpha value is -2.80. The number of hydrogen-bond acceptors (Lipinski definition) is 5. The minimum Gasteiger partial charge on any atom is -0.507 e. The molecule has 0 bridgehead atoms. The van der Waals surface area contributed by atoms with Crippen molar-refractivity contribution in [2.75, 3.05) is 26.9 Å². The van der Waals surface area contributed by atoms with Gasteiger partial charge in [-0.2, -0.15) is 0 Å². The second-order valence-electron chi connectivity index (χ2n) is 6.78. The molecule has 162 valence electrons. The van der Waals surface area contributed by atoms with E-state index < -0.39 is 17.7 Å². The fourth-order valence-electron chi connectivity index (χ4n) is 3.35. The molecule has 1 aliphatic rings. The van der Waals surface area contributed by atoms with E-state index in [9.17, 15) is 14.7 Å². The van der Waals surface area contributed by atoms with Gasteiger partial charge in [0.15, 0.2) is 0 Å². The molecule has 1 N–H and O–H groups in total. The molecule has 31 heavy (non-hydrogen) atoms. The summed E-state index contributed by atoms with van der Waals surface area (Å²) in [5.41, 5.74) is 0.900. The number of likely N-dealkylation sites (tertiary alicyclic amines) is 1. The number of methoxy groups -OCH3 is 1. The molecule has 2 aromatic carbocycles. The van der Waals surface area contributed by atoms with Crippen molar-refractivity contribution < 1.29 is 24.2 Å². The number of ketones is 1. The van der Waals surface area contributed by atoms with Crippen molar-refractivity contribution >= 4 is 40.7 Å². The molecule has 0 aromatic heterocycles. The average Bonchev–Trinajstić information content (AvgIpc) is 3.02. The Morgan fingerprint density at radius 1 is 1.16 bits per heavy atom. The average molecular weight is 462 g/mol. The zero-order valence-electron chi connectivity index (χ0n) is 16.8. The molecule has 1 unspecified atom stereocenters. The topological polar surface area (TPSA) is 76.1 Å². The van der Waals surface area contributed by atoms with Crippen LogP contribution in [0.5, 0.6) is 5.75 Å². The Balaban J connectivity index is 2.09. The second kappa shape index (κ2) is 10.0. The van der Waals surface area contributed by atoms with E-state index in [1.165, 1.54) is 12.0 Å². The predicted molar refractivity (Wildman–Crippen MR) is 119 cm³/mol. The van der Waals surface area contributed by atoms with Gasteiger partial charge < -0.3 is 19.5 Å². The van der Waals surface area contributed by atoms with Crippen LogP contribution in [-0.2, 0) is 14.3 Å². The number of aliphatic hydroxyl groups is 1. The first-order chi connectivity index (χ1) is 14.9. The lowest BCUT2D eigenvalue weighted by Gasteiger charge is -2.25. The molecule has 0 aliphatic carbocycles. The standard InChI is InChI=1S/C23H21Cl2NO5/c1-3-11-31-16-7-4-14(5-8-16)21(27)19-20(15-6-9-17(24)18(25)13-15)26(10-12-30-2)23(29)22(19)28/h3-9,13,20,27H,1,10-12H2,2H3/b21-19+. The van der Waals surface area contributed by atoms with E-state index >= 15 is 0 Å². The molecule has 6 nitrogen and oxygen atoms in total. The number of halogens is 2. The van der Waals surface area contributed by atoms with Crippen molar-refractivity contribution in [3.05, 3.63) is 81.9 Å². The van der Waals surface area contributed by atoms with Crippen LogP contribution in [0.3, 0.4) is 0 Å². The molecule has 3 rings (SSSR count). The van der Waals surface area contributed by atoms with Crippen LogP contribution >= 0.6 is 23.2 Å². The molecule has 1 saturated heterocycles. The zero-order chi connectivity index (χ0) is 22.5. The van der Waals surface area contributed by atoms with E-state index in [2.05, 4.69) is 6.58 Å². The van der Waals surface area contributed by atoms with Gasteiger partial charge in [-0.3, -0.25) is 9.59 Å². The summed E-state index contributed by atoms with van der Waals surface area (Å²) in [4.78, 5) is 27.0. The van der Waals surface area contributed by atoms with Crippen molar-refractivity contribution in [1.82, 2.24) is 4.90 Å². The van der Waals surface area contributed by atoms with E-state index in [0.29, 0.717) is 28.5 Å². The minimum absolute atomic E-state index is 0.0285. The fraction of sp³-hybridized carbons (Fsp3) is 0.217. The molecule has 1 aliphatic heterocycles. The maximum atomic E-state index is 12.9. The molecule has 0 spiro atoms. The molecular formula is C23H21Cl2NO5. The number of rotatable bonds is 8. The van der Waals surface area contributed by atoms with Crippen LogP contribution in [0, 0.1) is 0 Å². The number of amides is 1. The van der Waals surface area contributed by atoms with Crippen molar-refractivity contribution in [1.29, 1.82) is 0 Å². The van der Waals surface area contributed by atoms with Gasteiger partial charge in [-0.25, -0.2) is 0 Å². The smallest absolute Gasteiger partial charge is 0.295 e. The van der Waals surface area contributed by atoms with E-state index in [1.54, 1.807) is 48.5 Å². The van der Waals surface area contributed by atoms with Crippen LogP contribution in [0.25, 0.3) is 5.76 Å². The Labute approximate surface area is 190 Å². The highest BCUT2D eigenvalue weighted by molar-refractivity contribution is 6.46. The van der Waals surface area contributed by atoms with Gasteiger partial charge in [0.25, 0.3) is 11.7 Å². The number of aliphatic hydroxyl groups excluding tert-OH is 1.